The highest BCUT2D eigenvalue weighted by molar-refractivity contribution is 7.17. The first kappa shape index (κ1) is 20.4. The molecule has 6 heteroatoms. The van der Waals surface area contributed by atoms with Crippen LogP contribution in [0.3, 0.4) is 0 Å². The van der Waals surface area contributed by atoms with Crippen LogP contribution in [0.5, 0.6) is 5.75 Å². The SMILES string of the molecule is COC(=O)c1c(NC(=O)COc2ccc3ccccc3c2)sc2c1CCCCCC2. The number of ether oxygens (including phenoxy) is 2. The molecule has 1 aliphatic rings. The van der Waals surface area contributed by atoms with Crippen LogP contribution in [-0.2, 0) is 22.4 Å². The number of hydrogen-bond acceptors (Lipinski definition) is 5. The third kappa shape index (κ3) is 4.49. The maximum Gasteiger partial charge on any atom is 0.341 e. The predicted molar refractivity (Wildman–Crippen MR) is 120 cm³/mol. The molecular weight excluding hydrogens is 398 g/mol. The molecule has 0 spiro atoms. The van der Waals surface area contributed by atoms with E-state index in [-0.39, 0.29) is 18.5 Å². The summed E-state index contributed by atoms with van der Waals surface area (Å²) in [5.74, 6) is -0.0446. The summed E-state index contributed by atoms with van der Waals surface area (Å²) in [7, 11) is 1.38. The monoisotopic (exact) mass is 423 g/mol. The summed E-state index contributed by atoms with van der Waals surface area (Å²) in [6, 6.07) is 13.7. The zero-order valence-electron chi connectivity index (χ0n) is 17.0. The second kappa shape index (κ2) is 9.30. The lowest BCUT2D eigenvalue weighted by atomic mass is 9.96. The number of nitrogens with one attached hydrogen (secondary N) is 1. The topological polar surface area (TPSA) is 64.6 Å². The van der Waals surface area contributed by atoms with Crippen LogP contribution in [-0.4, -0.2) is 25.6 Å². The van der Waals surface area contributed by atoms with Gasteiger partial charge in [0.15, 0.2) is 6.61 Å². The second-order valence-corrected chi connectivity index (χ2v) is 8.56. The minimum Gasteiger partial charge on any atom is -0.484 e. The molecule has 0 aliphatic heterocycles. The first-order valence-corrected chi connectivity index (χ1v) is 11.1. The van der Waals surface area contributed by atoms with Crippen molar-refractivity contribution < 1.29 is 19.1 Å². The van der Waals surface area contributed by atoms with Crippen LogP contribution in [0.1, 0.15) is 46.5 Å². The highest BCUT2D eigenvalue weighted by atomic mass is 32.1. The average molecular weight is 424 g/mol. The Hall–Kier alpha value is -2.86. The Bertz CT molecular complexity index is 1070. The molecule has 5 nitrogen and oxygen atoms in total. The summed E-state index contributed by atoms with van der Waals surface area (Å²) in [4.78, 5) is 26.2. The lowest BCUT2D eigenvalue weighted by molar-refractivity contribution is -0.118. The van der Waals surface area contributed by atoms with E-state index in [2.05, 4.69) is 5.32 Å². The normalized spacial score (nSPS) is 13.8. The molecule has 1 amide bonds. The number of carbonyl (C=O) groups is 2. The smallest absolute Gasteiger partial charge is 0.341 e. The first-order chi connectivity index (χ1) is 14.7. The number of aryl methyl sites for hydroxylation is 1. The number of thiophene rings is 1. The van der Waals surface area contributed by atoms with Crippen molar-refractivity contribution in [3.8, 4) is 5.75 Å². The van der Waals surface area contributed by atoms with Crippen molar-refractivity contribution in [3.63, 3.8) is 0 Å². The van der Waals surface area contributed by atoms with E-state index in [0.29, 0.717) is 16.3 Å². The highest BCUT2D eigenvalue weighted by Gasteiger charge is 2.25. The maximum atomic E-state index is 12.6. The van der Waals surface area contributed by atoms with Crippen molar-refractivity contribution in [2.24, 2.45) is 0 Å². The van der Waals surface area contributed by atoms with Gasteiger partial charge in [0.05, 0.1) is 12.7 Å². The molecule has 0 unspecified atom stereocenters. The lowest BCUT2D eigenvalue weighted by Crippen LogP contribution is -2.21. The number of esters is 1. The number of fused-ring (bicyclic) bond motifs is 2. The van der Waals surface area contributed by atoms with E-state index in [1.165, 1.54) is 29.7 Å². The van der Waals surface area contributed by atoms with Crippen LogP contribution in [0.15, 0.2) is 42.5 Å². The molecule has 0 fully saturated rings. The minimum atomic E-state index is -0.390. The Morgan fingerprint density at radius 3 is 2.57 bits per heavy atom. The van der Waals surface area contributed by atoms with E-state index in [9.17, 15) is 9.59 Å². The molecular formula is C24H25NO4S. The van der Waals surface area contributed by atoms with E-state index < -0.39 is 0 Å². The van der Waals surface area contributed by atoms with Gasteiger partial charge in [0.25, 0.3) is 5.91 Å². The van der Waals surface area contributed by atoms with Gasteiger partial charge in [-0.05, 0) is 54.2 Å². The molecule has 156 valence electrons. The fourth-order valence-corrected chi connectivity index (χ4v) is 5.19. The zero-order chi connectivity index (χ0) is 20.9. The number of methoxy groups -OCH3 is 1. The molecule has 1 aromatic heterocycles. The second-order valence-electron chi connectivity index (χ2n) is 7.46. The number of rotatable bonds is 5. The molecule has 30 heavy (non-hydrogen) atoms. The Labute approximate surface area is 180 Å². The molecule has 2 aromatic carbocycles. The van der Waals surface area contributed by atoms with Crippen molar-refractivity contribution in [1.82, 2.24) is 0 Å². The average Bonchev–Trinajstić information content (AvgIpc) is 3.07. The molecule has 4 rings (SSSR count). The molecule has 0 saturated carbocycles. The molecule has 3 aromatic rings. The first-order valence-electron chi connectivity index (χ1n) is 10.3. The van der Waals surface area contributed by atoms with Crippen LogP contribution in [0.25, 0.3) is 10.8 Å². The summed E-state index contributed by atoms with van der Waals surface area (Å²) < 4.78 is 10.7. The van der Waals surface area contributed by atoms with Crippen molar-refractivity contribution in [2.45, 2.75) is 38.5 Å². The number of hydrogen-bond donors (Lipinski definition) is 1. The molecule has 0 radical (unpaired) electrons. The third-order valence-corrected chi connectivity index (χ3v) is 6.61. The number of benzene rings is 2. The van der Waals surface area contributed by atoms with Crippen LogP contribution >= 0.6 is 11.3 Å². The molecule has 0 saturated heterocycles. The van der Waals surface area contributed by atoms with Gasteiger partial charge in [-0.25, -0.2) is 4.79 Å². The third-order valence-electron chi connectivity index (χ3n) is 5.40. The summed E-state index contributed by atoms with van der Waals surface area (Å²) in [6.45, 7) is -0.123. The van der Waals surface area contributed by atoms with Gasteiger partial charge in [0.1, 0.15) is 10.8 Å². The summed E-state index contributed by atoms with van der Waals surface area (Å²) in [5, 5.41) is 5.63. The van der Waals surface area contributed by atoms with E-state index in [0.717, 1.165) is 48.4 Å². The van der Waals surface area contributed by atoms with Gasteiger partial charge in [-0.15, -0.1) is 11.3 Å². The molecule has 1 N–H and O–H groups in total. The van der Waals surface area contributed by atoms with Crippen molar-refractivity contribution >= 4 is 39.0 Å². The van der Waals surface area contributed by atoms with Crippen LogP contribution < -0.4 is 10.1 Å². The van der Waals surface area contributed by atoms with E-state index in [1.807, 2.05) is 42.5 Å². The zero-order valence-corrected chi connectivity index (χ0v) is 17.8. The summed E-state index contributed by atoms with van der Waals surface area (Å²) >= 11 is 1.49. The number of amides is 1. The maximum absolute atomic E-state index is 12.6. The Morgan fingerprint density at radius 1 is 1.00 bits per heavy atom. The minimum absolute atomic E-state index is 0.123. The van der Waals surface area contributed by atoms with Gasteiger partial charge in [-0.1, -0.05) is 43.2 Å². The van der Waals surface area contributed by atoms with Gasteiger partial charge < -0.3 is 14.8 Å². The van der Waals surface area contributed by atoms with Crippen molar-refractivity contribution in [1.29, 1.82) is 0 Å². The molecule has 0 bridgehead atoms. The van der Waals surface area contributed by atoms with Crippen molar-refractivity contribution in [2.75, 3.05) is 19.0 Å². The van der Waals surface area contributed by atoms with Crippen LogP contribution in [0, 0.1) is 0 Å². The largest absolute Gasteiger partial charge is 0.484 e. The number of carbonyl (C=O) groups excluding carboxylic acids is 2. The molecule has 1 aliphatic carbocycles. The lowest BCUT2D eigenvalue weighted by Gasteiger charge is -2.11. The predicted octanol–water partition coefficient (Wildman–Crippen LogP) is 5.36. The van der Waals surface area contributed by atoms with Gasteiger partial charge in [-0.2, -0.15) is 0 Å². The van der Waals surface area contributed by atoms with Gasteiger partial charge in [-0.3, -0.25) is 4.79 Å². The fraction of sp³-hybridized carbons (Fsp3) is 0.333. The fourth-order valence-electron chi connectivity index (χ4n) is 3.89. The molecule has 1 heterocycles. The van der Waals surface area contributed by atoms with Crippen LogP contribution in [0.4, 0.5) is 5.00 Å². The van der Waals surface area contributed by atoms with E-state index >= 15 is 0 Å². The number of anilines is 1. The highest BCUT2D eigenvalue weighted by Crippen LogP contribution is 2.37. The van der Waals surface area contributed by atoms with E-state index in [4.69, 9.17) is 9.47 Å². The Morgan fingerprint density at radius 2 is 1.77 bits per heavy atom. The Balaban J connectivity index is 1.49. The summed E-state index contributed by atoms with van der Waals surface area (Å²) in [5.41, 5.74) is 1.55. The quantitative estimate of drug-likeness (QED) is 0.561. The van der Waals surface area contributed by atoms with Gasteiger partial charge in [0, 0.05) is 4.88 Å². The van der Waals surface area contributed by atoms with Crippen LogP contribution in [0.2, 0.25) is 0 Å². The van der Waals surface area contributed by atoms with Crippen molar-refractivity contribution in [3.05, 3.63) is 58.5 Å². The Kier molecular flexibility index (Phi) is 6.33. The van der Waals surface area contributed by atoms with Gasteiger partial charge in [0.2, 0.25) is 0 Å². The van der Waals surface area contributed by atoms with Gasteiger partial charge >= 0.3 is 5.97 Å². The van der Waals surface area contributed by atoms with E-state index in [1.54, 1.807) is 0 Å². The summed E-state index contributed by atoms with van der Waals surface area (Å²) in [6.07, 6.45) is 6.30. The standard InChI is InChI=1S/C24H25NO4S/c1-28-24(27)22-19-10-4-2-3-5-11-20(19)30-23(22)25-21(26)15-29-18-13-12-16-8-6-7-9-17(16)14-18/h6-9,12-14H,2-5,10-11,15H2,1H3,(H,25,26). The molecule has 0 atom stereocenters.